The number of urea groups is 1. The van der Waals surface area contributed by atoms with E-state index >= 15 is 4.39 Å². The van der Waals surface area contributed by atoms with Crippen molar-refractivity contribution in [2.45, 2.75) is 25.4 Å². The highest BCUT2D eigenvalue weighted by molar-refractivity contribution is 5.91. The lowest BCUT2D eigenvalue weighted by Gasteiger charge is -2.21. The molecule has 1 saturated heterocycles. The third kappa shape index (κ3) is 7.51. The Bertz CT molecular complexity index is 1780. The van der Waals surface area contributed by atoms with Crippen LogP contribution in [0.2, 0.25) is 0 Å². The summed E-state index contributed by atoms with van der Waals surface area (Å²) >= 11 is 0. The summed E-state index contributed by atoms with van der Waals surface area (Å²) in [5.74, 6) is 0.607. The van der Waals surface area contributed by atoms with Crippen LogP contribution in [0.25, 0.3) is 10.9 Å². The Balaban J connectivity index is 1.09. The zero-order valence-electron chi connectivity index (χ0n) is 25.6. The van der Waals surface area contributed by atoms with Gasteiger partial charge in [-0.1, -0.05) is 6.07 Å². The number of ether oxygens (including phenoxy) is 3. The van der Waals surface area contributed by atoms with E-state index in [0.717, 1.165) is 44.3 Å². The number of carbonyl (C=O) groups is 1. The number of nitrogens with zero attached hydrogens (tertiary/aromatic N) is 4. The van der Waals surface area contributed by atoms with Gasteiger partial charge < -0.3 is 29.3 Å². The molecule has 13 heteroatoms. The number of methoxy groups -OCH3 is 1. The fraction of sp³-hybridized carbons (Fsp3) is 0.294. The molecule has 1 N–H and O–H groups in total. The first-order valence-corrected chi connectivity index (χ1v) is 15.2. The van der Waals surface area contributed by atoms with Crippen LogP contribution in [0.1, 0.15) is 24.8 Å². The van der Waals surface area contributed by atoms with Gasteiger partial charge in [0, 0.05) is 54.0 Å². The summed E-state index contributed by atoms with van der Waals surface area (Å²) in [5.41, 5.74) is 0.232. The van der Waals surface area contributed by atoms with Crippen LogP contribution in [0, 0.1) is 5.82 Å². The van der Waals surface area contributed by atoms with E-state index in [-0.39, 0.29) is 23.8 Å². The fourth-order valence-corrected chi connectivity index (χ4v) is 5.52. The number of anilines is 2. The molecule has 0 bridgehead atoms. The first kappa shape index (κ1) is 31.9. The van der Waals surface area contributed by atoms with Crippen LogP contribution in [0.4, 0.5) is 33.7 Å². The molecule has 0 saturated carbocycles. The molecule has 47 heavy (non-hydrogen) atoms. The van der Waals surface area contributed by atoms with Crippen LogP contribution in [-0.4, -0.2) is 60.8 Å². The summed E-state index contributed by atoms with van der Waals surface area (Å²) in [6.07, 6.45) is 3.36. The van der Waals surface area contributed by atoms with Crippen molar-refractivity contribution in [2.24, 2.45) is 0 Å². The maximum atomic E-state index is 15.2. The minimum atomic E-state index is -4.49. The van der Waals surface area contributed by atoms with E-state index in [9.17, 15) is 18.0 Å². The van der Waals surface area contributed by atoms with Gasteiger partial charge in [0.15, 0.2) is 23.1 Å². The highest BCUT2D eigenvalue weighted by atomic mass is 19.4. The topological polar surface area (TPSA) is 79.4 Å². The molecule has 0 aliphatic carbocycles. The summed E-state index contributed by atoms with van der Waals surface area (Å²) in [7, 11) is 1.54. The van der Waals surface area contributed by atoms with E-state index in [0.29, 0.717) is 34.8 Å². The summed E-state index contributed by atoms with van der Waals surface area (Å²) in [5, 5.41) is 3.20. The lowest BCUT2D eigenvalue weighted by atomic mass is 10.1. The molecule has 1 fully saturated rings. The highest BCUT2D eigenvalue weighted by Crippen LogP contribution is 2.38. The highest BCUT2D eigenvalue weighted by Gasteiger charge is 2.31. The SMILES string of the molecule is COc1cc2c(Oc3ccc(NC(=O)N4C=CN(c5cccc(C(F)(F)F)c5)C4)cc3F)ccnc2cc1OCCCN1CCCC1. The number of rotatable bonds is 10. The average molecular weight is 652 g/mol. The maximum absolute atomic E-state index is 15.2. The molecule has 0 spiro atoms. The molecule has 2 amide bonds. The summed E-state index contributed by atoms with van der Waals surface area (Å²) in [4.78, 5) is 22.5. The normalized spacial score (nSPS) is 15.0. The molecule has 4 aromatic rings. The second-order valence-corrected chi connectivity index (χ2v) is 11.2. The zero-order valence-corrected chi connectivity index (χ0v) is 25.6. The van der Waals surface area contributed by atoms with Gasteiger partial charge in [-0.15, -0.1) is 0 Å². The van der Waals surface area contributed by atoms with Gasteiger partial charge in [0.1, 0.15) is 12.4 Å². The number of hydrogen-bond acceptors (Lipinski definition) is 7. The Labute approximate surface area is 268 Å². The third-order valence-corrected chi connectivity index (χ3v) is 7.96. The maximum Gasteiger partial charge on any atom is 0.416 e. The zero-order chi connectivity index (χ0) is 33.0. The van der Waals surface area contributed by atoms with E-state index in [1.165, 1.54) is 59.3 Å². The van der Waals surface area contributed by atoms with Crippen molar-refractivity contribution in [1.82, 2.24) is 14.8 Å². The van der Waals surface area contributed by atoms with E-state index in [1.807, 2.05) is 0 Å². The summed E-state index contributed by atoms with van der Waals surface area (Å²) in [6, 6.07) is 13.3. The van der Waals surface area contributed by atoms with Crippen LogP contribution in [0.3, 0.4) is 0 Å². The van der Waals surface area contributed by atoms with Gasteiger partial charge in [0.05, 0.1) is 24.8 Å². The quantitative estimate of drug-likeness (QED) is 0.138. The molecule has 3 aromatic carbocycles. The third-order valence-electron chi connectivity index (χ3n) is 7.96. The number of aromatic nitrogens is 1. The van der Waals surface area contributed by atoms with Gasteiger partial charge in [-0.3, -0.25) is 9.88 Å². The molecule has 0 atom stereocenters. The molecule has 1 aromatic heterocycles. The first-order valence-electron chi connectivity index (χ1n) is 15.2. The monoisotopic (exact) mass is 651 g/mol. The van der Waals surface area contributed by atoms with Crippen molar-refractivity contribution in [2.75, 3.05) is 50.2 Å². The number of likely N-dealkylation sites (tertiary alicyclic amines) is 1. The fourth-order valence-electron chi connectivity index (χ4n) is 5.52. The van der Waals surface area contributed by atoms with Gasteiger partial charge >= 0.3 is 12.2 Å². The number of amides is 2. The molecular formula is C34H33F4N5O4. The predicted octanol–water partition coefficient (Wildman–Crippen LogP) is 7.84. The van der Waals surface area contributed by atoms with Crippen molar-refractivity contribution >= 4 is 28.3 Å². The molecule has 0 unspecified atom stereocenters. The molecule has 0 radical (unpaired) electrons. The number of pyridine rings is 1. The second-order valence-electron chi connectivity index (χ2n) is 11.2. The first-order chi connectivity index (χ1) is 22.7. The van der Waals surface area contributed by atoms with Crippen molar-refractivity contribution in [3.05, 3.63) is 90.6 Å². The average Bonchev–Trinajstić information content (AvgIpc) is 3.77. The minimum Gasteiger partial charge on any atom is -0.493 e. The number of nitrogens with one attached hydrogen (secondary N) is 1. The van der Waals surface area contributed by atoms with Crippen molar-refractivity contribution in [1.29, 1.82) is 0 Å². The number of benzene rings is 3. The Kier molecular flexibility index (Phi) is 9.34. The Morgan fingerprint density at radius 1 is 0.957 bits per heavy atom. The molecule has 3 heterocycles. The van der Waals surface area contributed by atoms with Gasteiger partial charge in [-0.05, 0) is 74.8 Å². The van der Waals surface area contributed by atoms with Crippen LogP contribution < -0.4 is 24.4 Å². The molecule has 2 aliphatic heterocycles. The van der Waals surface area contributed by atoms with E-state index in [4.69, 9.17) is 14.2 Å². The van der Waals surface area contributed by atoms with Gasteiger partial charge in [-0.2, -0.15) is 13.2 Å². The Hall–Kier alpha value is -5.04. The Morgan fingerprint density at radius 3 is 2.55 bits per heavy atom. The lowest BCUT2D eigenvalue weighted by molar-refractivity contribution is -0.137. The molecule has 2 aliphatic rings. The number of hydrogen-bond donors (Lipinski definition) is 1. The molecular weight excluding hydrogens is 618 g/mol. The van der Waals surface area contributed by atoms with Gasteiger partial charge in [0.25, 0.3) is 0 Å². The number of fused-ring (bicyclic) bond motifs is 1. The lowest BCUT2D eigenvalue weighted by Crippen LogP contribution is -2.33. The number of carbonyl (C=O) groups excluding carboxylic acids is 1. The van der Waals surface area contributed by atoms with Crippen molar-refractivity contribution < 1.29 is 36.6 Å². The molecule has 6 rings (SSSR count). The van der Waals surface area contributed by atoms with Crippen molar-refractivity contribution in [3.63, 3.8) is 0 Å². The minimum absolute atomic E-state index is 0.0270. The van der Waals surface area contributed by atoms with Crippen molar-refractivity contribution in [3.8, 4) is 23.0 Å². The second kappa shape index (κ2) is 13.8. The van der Waals surface area contributed by atoms with Crippen LogP contribution in [0.5, 0.6) is 23.0 Å². The van der Waals surface area contributed by atoms with E-state index < -0.39 is 23.6 Å². The summed E-state index contributed by atoms with van der Waals surface area (Å²) < 4.78 is 72.1. The number of halogens is 4. The smallest absolute Gasteiger partial charge is 0.416 e. The summed E-state index contributed by atoms with van der Waals surface area (Å²) in [6.45, 7) is 3.76. The van der Waals surface area contributed by atoms with Crippen LogP contribution in [-0.2, 0) is 6.18 Å². The standard InChI is InChI=1S/C34H33F4N5O4/c1-45-31-20-26-28(21-32(31)46-17-5-14-41-12-2-3-13-41)39-11-10-29(26)47-30-9-8-24(19-27(30)35)40-33(44)43-16-15-42(22-43)25-7-4-6-23(18-25)34(36,37)38/h4,6-11,15-16,18-21H,2-3,5,12-14,17,22H2,1H3,(H,40,44). The Morgan fingerprint density at radius 2 is 1.79 bits per heavy atom. The molecule has 246 valence electrons. The largest absolute Gasteiger partial charge is 0.493 e. The van der Waals surface area contributed by atoms with Crippen LogP contribution >= 0.6 is 0 Å². The van der Waals surface area contributed by atoms with Gasteiger partial charge in [-0.25, -0.2) is 9.18 Å². The predicted molar refractivity (Wildman–Crippen MR) is 169 cm³/mol. The number of alkyl halides is 3. The molecule has 9 nitrogen and oxygen atoms in total. The van der Waals surface area contributed by atoms with E-state index in [1.54, 1.807) is 31.5 Å². The van der Waals surface area contributed by atoms with Gasteiger partial charge in [0.2, 0.25) is 0 Å². The van der Waals surface area contributed by atoms with Crippen LogP contribution in [0.15, 0.2) is 79.3 Å². The van der Waals surface area contributed by atoms with E-state index in [2.05, 4.69) is 15.2 Å².